The average molecular weight is 337 g/mol. The first-order chi connectivity index (χ1) is 8.96. The van der Waals surface area contributed by atoms with Gasteiger partial charge in [0.15, 0.2) is 0 Å². The molecule has 2 saturated heterocycles. The topological polar surface area (TPSA) is 49.4 Å². The van der Waals surface area contributed by atoms with Crippen LogP contribution in [-0.2, 0) is 10.0 Å². The fraction of sp³-hybridized carbons (Fsp3) is 0.692. The number of hydrogen-bond donors (Lipinski definition) is 1. The molecular formula is C13H21ClN2O2S2. The summed E-state index contributed by atoms with van der Waals surface area (Å²) >= 11 is 1.39. The van der Waals surface area contributed by atoms with Crippen LogP contribution in [-0.4, -0.2) is 37.9 Å². The number of fused-ring (bicyclic) bond motifs is 2. The van der Waals surface area contributed by atoms with Crippen molar-refractivity contribution in [3.63, 3.8) is 0 Å². The molecule has 20 heavy (non-hydrogen) atoms. The number of sulfonamides is 1. The summed E-state index contributed by atoms with van der Waals surface area (Å²) in [5, 5.41) is 3.52. The standard InChI is InChI=1S/C13H20N2O2S2.ClH/c1-9-7-10(2)18-13(9)19(16,17)15-6-5-11-3-4-12(8-15)14-11;/h7,11-12,14H,3-6,8H2,1-2H3;1H. The Morgan fingerprint density at radius 1 is 1.25 bits per heavy atom. The van der Waals surface area contributed by atoms with Gasteiger partial charge in [-0.3, -0.25) is 0 Å². The van der Waals surface area contributed by atoms with E-state index < -0.39 is 10.0 Å². The lowest BCUT2D eigenvalue weighted by Crippen LogP contribution is -2.38. The molecule has 0 amide bonds. The van der Waals surface area contributed by atoms with E-state index in [1.165, 1.54) is 17.8 Å². The first-order valence-corrected chi connectivity index (χ1v) is 9.05. The second-order valence-electron chi connectivity index (χ2n) is 5.62. The minimum atomic E-state index is -3.31. The molecule has 114 valence electrons. The molecule has 0 spiro atoms. The second kappa shape index (κ2) is 5.93. The van der Waals surface area contributed by atoms with Crippen LogP contribution >= 0.6 is 23.7 Å². The molecule has 0 radical (unpaired) electrons. The SMILES string of the molecule is Cc1cc(C)c(S(=O)(=O)N2CCC3CCC(C2)N3)s1.Cl. The van der Waals surface area contributed by atoms with E-state index in [-0.39, 0.29) is 12.4 Å². The van der Waals surface area contributed by atoms with Crippen LogP contribution in [0.25, 0.3) is 0 Å². The van der Waals surface area contributed by atoms with Gasteiger partial charge < -0.3 is 5.32 Å². The van der Waals surface area contributed by atoms with Crippen LogP contribution < -0.4 is 5.32 Å². The van der Waals surface area contributed by atoms with Crippen LogP contribution in [0, 0.1) is 13.8 Å². The first-order valence-electron chi connectivity index (χ1n) is 6.80. The van der Waals surface area contributed by atoms with Gasteiger partial charge in [0.05, 0.1) is 0 Å². The van der Waals surface area contributed by atoms with Crippen molar-refractivity contribution in [1.29, 1.82) is 0 Å². The summed E-state index contributed by atoms with van der Waals surface area (Å²) in [6.07, 6.45) is 3.22. The van der Waals surface area contributed by atoms with Gasteiger partial charge in [-0.05, 0) is 44.7 Å². The van der Waals surface area contributed by atoms with Crippen LogP contribution in [0.1, 0.15) is 29.7 Å². The smallest absolute Gasteiger partial charge is 0.252 e. The molecule has 1 aromatic rings. The number of rotatable bonds is 2. The number of nitrogens with zero attached hydrogens (tertiary/aromatic N) is 1. The minimum Gasteiger partial charge on any atom is -0.310 e. The summed E-state index contributed by atoms with van der Waals surface area (Å²) in [6.45, 7) is 5.11. The maximum absolute atomic E-state index is 12.8. The summed E-state index contributed by atoms with van der Waals surface area (Å²) in [5.74, 6) is 0. The Morgan fingerprint density at radius 2 is 1.95 bits per heavy atom. The van der Waals surface area contributed by atoms with Gasteiger partial charge in [-0.25, -0.2) is 8.42 Å². The Kier molecular flexibility index (Phi) is 4.81. The largest absolute Gasteiger partial charge is 0.310 e. The van der Waals surface area contributed by atoms with Crippen molar-refractivity contribution in [3.8, 4) is 0 Å². The lowest BCUT2D eigenvalue weighted by Gasteiger charge is -2.23. The monoisotopic (exact) mass is 336 g/mol. The molecule has 2 bridgehead atoms. The van der Waals surface area contributed by atoms with Crippen molar-refractivity contribution in [2.45, 2.75) is 49.4 Å². The minimum absolute atomic E-state index is 0. The molecule has 3 heterocycles. The summed E-state index contributed by atoms with van der Waals surface area (Å²) < 4.78 is 27.7. The predicted molar refractivity (Wildman–Crippen MR) is 84.4 cm³/mol. The van der Waals surface area contributed by atoms with Crippen molar-refractivity contribution in [3.05, 3.63) is 16.5 Å². The average Bonchev–Trinajstić information content (AvgIpc) is 2.81. The van der Waals surface area contributed by atoms with Crippen LogP contribution in [0.2, 0.25) is 0 Å². The molecule has 1 aromatic heterocycles. The molecule has 3 rings (SSSR count). The van der Waals surface area contributed by atoms with E-state index >= 15 is 0 Å². The van der Waals surface area contributed by atoms with Gasteiger partial charge in [-0.15, -0.1) is 23.7 Å². The molecule has 4 nitrogen and oxygen atoms in total. The van der Waals surface area contributed by atoms with Crippen molar-refractivity contribution in [1.82, 2.24) is 9.62 Å². The van der Waals surface area contributed by atoms with Crippen molar-refractivity contribution < 1.29 is 8.42 Å². The number of halogens is 1. The highest BCUT2D eigenvalue weighted by Crippen LogP contribution is 2.31. The molecule has 0 aliphatic carbocycles. The van der Waals surface area contributed by atoms with Crippen molar-refractivity contribution >= 4 is 33.8 Å². The van der Waals surface area contributed by atoms with E-state index in [2.05, 4.69) is 5.32 Å². The molecular weight excluding hydrogens is 316 g/mol. The normalized spacial score (nSPS) is 27.1. The van der Waals surface area contributed by atoms with E-state index in [0.717, 1.165) is 23.3 Å². The van der Waals surface area contributed by atoms with Crippen LogP contribution in [0.4, 0.5) is 0 Å². The van der Waals surface area contributed by atoms with Gasteiger partial charge in [-0.2, -0.15) is 4.31 Å². The summed E-state index contributed by atoms with van der Waals surface area (Å²) in [6, 6.07) is 2.81. The summed E-state index contributed by atoms with van der Waals surface area (Å²) in [4.78, 5) is 1.06. The third-order valence-electron chi connectivity index (χ3n) is 4.06. The van der Waals surface area contributed by atoms with Crippen LogP contribution in [0.15, 0.2) is 10.3 Å². The van der Waals surface area contributed by atoms with Crippen LogP contribution in [0.3, 0.4) is 0 Å². The highest BCUT2D eigenvalue weighted by molar-refractivity contribution is 7.91. The van der Waals surface area contributed by atoms with E-state index in [1.54, 1.807) is 4.31 Å². The predicted octanol–water partition coefficient (Wildman–Crippen LogP) is 2.30. The fourth-order valence-corrected chi connectivity index (χ4v) is 6.42. The molecule has 2 unspecified atom stereocenters. The zero-order valence-corrected chi connectivity index (χ0v) is 14.2. The molecule has 0 saturated carbocycles. The molecule has 2 atom stereocenters. The van der Waals surface area contributed by atoms with Crippen molar-refractivity contribution in [2.24, 2.45) is 0 Å². The van der Waals surface area contributed by atoms with Gasteiger partial charge >= 0.3 is 0 Å². The lowest BCUT2D eigenvalue weighted by molar-refractivity contribution is 0.384. The molecule has 1 N–H and O–H groups in total. The Bertz CT molecular complexity index is 585. The fourth-order valence-electron chi connectivity index (χ4n) is 3.12. The highest BCUT2D eigenvalue weighted by Gasteiger charge is 2.36. The maximum atomic E-state index is 12.8. The third kappa shape index (κ3) is 2.90. The lowest BCUT2D eigenvalue weighted by atomic mass is 10.1. The molecule has 0 aromatic carbocycles. The van der Waals surface area contributed by atoms with Gasteiger partial charge in [-0.1, -0.05) is 0 Å². The number of hydrogen-bond acceptors (Lipinski definition) is 4. The van der Waals surface area contributed by atoms with E-state index in [9.17, 15) is 8.42 Å². The zero-order chi connectivity index (χ0) is 13.6. The highest BCUT2D eigenvalue weighted by atomic mass is 35.5. The Hall–Kier alpha value is -0.140. The molecule has 2 aliphatic rings. The van der Waals surface area contributed by atoms with E-state index in [1.807, 2.05) is 19.9 Å². The summed E-state index contributed by atoms with van der Waals surface area (Å²) in [7, 11) is -3.31. The quantitative estimate of drug-likeness (QED) is 0.901. The Labute approximate surface area is 131 Å². The number of aryl methyl sites for hydroxylation is 2. The second-order valence-corrected chi connectivity index (χ2v) is 9.01. The number of nitrogens with one attached hydrogen (secondary N) is 1. The first kappa shape index (κ1) is 16.2. The van der Waals surface area contributed by atoms with E-state index in [0.29, 0.717) is 29.4 Å². The van der Waals surface area contributed by atoms with Gasteiger partial charge in [0.25, 0.3) is 10.0 Å². The third-order valence-corrected chi connectivity index (χ3v) is 7.69. The zero-order valence-electron chi connectivity index (χ0n) is 11.8. The summed E-state index contributed by atoms with van der Waals surface area (Å²) in [5.41, 5.74) is 0.880. The Morgan fingerprint density at radius 3 is 2.60 bits per heavy atom. The maximum Gasteiger partial charge on any atom is 0.252 e. The van der Waals surface area contributed by atoms with Gasteiger partial charge in [0.2, 0.25) is 0 Å². The van der Waals surface area contributed by atoms with E-state index in [4.69, 9.17) is 0 Å². The molecule has 2 fully saturated rings. The Balaban J connectivity index is 0.00000147. The molecule has 2 aliphatic heterocycles. The van der Waals surface area contributed by atoms with Crippen molar-refractivity contribution in [2.75, 3.05) is 13.1 Å². The van der Waals surface area contributed by atoms with Gasteiger partial charge in [0, 0.05) is 30.1 Å². The van der Waals surface area contributed by atoms with Gasteiger partial charge in [0.1, 0.15) is 4.21 Å². The number of thiophene rings is 1. The molecule has 7 heteroatoms. The van der Waals surface area contributed by atoms with Crippen LogP contribution in [0.5, 0.6) is 0 Å².